The lowest BCUT2D eigenvalue weighted by atomic mass is 10.3. The number of halogens is 3. The molecular formula is C15H15BrClFN2O. The quantitative estimate of drug-likeness (QED) is 0.807. The third kappa shape index (κ3) is 4.66. The van der Waals surface area contributed by atoms with Crippen molar-refractivity contribution in [1.29, 1.82) is 0 Å². The van der Waals surface area contributed by atoms with E-state index in [-0.39, 0.29) is 5.82 Å². The molecule has 21 heavy (non-hydrogen) atoms. The van der Waals surface area contributed by atoms with Crippen LogP contribution in [-0.4, -0.2) is 11.0 Å². The predicted molar refractivity (Wildman–Crippen MR) is 85.4 cm³/mol. The normalized spacial score (nSPS) is 11.0. The zero-order valence-corrected chi connectivity index (χ0v) is 14.0. The Labute approximate surface area is 136 Å². The van der Waals surface area contributed by atoms with Crippen molar-refractivity contribution in [2.75, 3.05) is 0 Å². The summed E-state index contributed by atoms with van der Waals surface area (Å²) < 4.78 is 19.2. The van der Waals surface area contributed by atoms with Gasteiger partial charge in [-0.1, -0.05) is 25.4 Å². The Morgan fingerprint density at radius 3 is 2.76 bits per heavy atom. The first kappa shape index (κ1) is 16.2. The van der Waals surface area contributed by atoms with Gasteiger partial charge in [0, 0.05) is 18.7 Å². The van der Waals surface area contributed by atoms with Gasteiger partial charge in [0.05, 0.1) is 15.2 Å². The van der Waals surface area contributed by atoms with Crippen molar-refractivity contribution < 1.29 is 9.13 Å². The molecule has 0 atom stereocenters. The second-order valence-corrected chi connectivity index (χ2v) is 6.05. The number of hydrogen-bond donors (Lipinski definition) is 1. The van der Waals surface area contributed by atoms with E-state index in [1.165, 1.54) is 12.1 Å². The first-order valence-corrected chi connectivity index (χ1v) is 7.64. The van der Waals surface area contributed by atoms with Gasteiger partial charge in [0.25, 0.3) is 0 Å². The summed E-state index contributed by atoms with van der Waals surface area (Å²) in [6.07, 6.45) is 0. The van der Waals surface area contributed by atoms with E-state index in [9.17, 15) is 4.39 Å². The highest BCUT2D eigenvalue weighted by molar-refractivity contribution is 9.10. The molecule has 0 amide bonds. The monoisotopic (exact) mass is 372 g/mol. The highest BCUT2D eigenvalue weighted by Crippen LogP contribution is 2.30. The second-order valence-electron chi connectivity index (χ2n) is 4.79. The van der Waals surface area contributed by atoms with Gasteiger partial charge in [0.15, 0.2) is 0 Å². The van der Waals surface area contributed by atoms with Crippen molar-refractivity contribution >= 4 is 27.5 Å². The summed E-state index contributed by atoms with van der Waals surface area (Å²) in [5, 5.41) is 3.83. The second kappa shape index (κ2) is 7.20. The molecule has 2 rings (SSSR count). The SMILES string of the molecule is CC(C)NCc1nc(Oc2ccc(F)cc2Br)ccc1Cl. The highest BCUT2D eigenvalue weighted by atomic mass is 79.9. The average molecular weight is 374 g/mol. The summed E-state index contributed by atoms with van der Waals surface area (Å²) in [5.41, 5.74) is 0.709. The minimum absolute atomic E-state index is 0.332. The van der Waals surface area contributed by atoms with E-state index in [1.807, 2.05) is 13.8 Å². The fraction of sp³-hybridized carbons (Fsp3) is 0.267. The van der Waals surface area contributed by atoms with E-state index in [4.69, 9.17) is 16.3 Å². The lowest BCUT2D eigenvalue weighted by molar-refractivity contribution is 0.454. The van der Waals surface area contributed by atoms with E-state index in [0.29, 0.717) is 39.4 Å². The molecule has 3 nitrogen and oxygen atoms in total. The van der Waals surface area contributed by atoms with Gasteiger partial charge >= 0.3 is 0 Å². The molecule has 1 N–H and O–H groups in total. The first-order chi connectivity index (χ1) is 9.95. The van der Waals surface area contributed by atoms with Crippen LogP contribution in [0.2, 0.25) is 5.02 Å². The van der Waals surface area contributed by atoms with Crippen molar-refractivity contribution in [3.05, 3.63) is 51.3 Å². The fourth-order valence-electron chi connectivity index (χ4n) is 1.62. The van der Waals surface area contributed by atoms with Crippen molar-refractivity contribution in [3.63, 3.8) is 0 Å². The number of nitrogens with zero attached hydrogens (tertiary/aromatic N) is 1. The van der Waals surface area contributed by atoms with Crippen molar-refractivity contribution in [2.45, 2.75) is 26.4 Å². The van der Waals surface area contributed by atoms with Crippen molar-refractivity contribution in [2.24, 2.45) is 0 Å². The lowest BCUT2D eigenvalue weighted by Crippen LogP contribution is -2.22. The minimum atomic E-state index is -0.333. The summed E-state index contributed by atoms with van der Waals surface area (Å²) in [6.45, 7) is 4.64. The van der Waals surface area contributed by atoms with Gasteiger partial charge in [-0.3, -0.25) is 0 Å². The van der Waals surface area contributed by atoms with Crippen LogP contribution >= 0.6 is 27.5 Å². The number of rotatable bonds is 5. The summed E-state index contributed by atoms with van der Waals surface area (Å²) in [4.78, 5) is 4.37. The molecule has 112 valence electrons. The van der Waals surface area contributed by atoms with Crippen LogP contribution in [0.5, 0.6) is 11.6 Å². The molecule has 0 aliphatic carbocycles. The molecule has 0 saturated heterocycles. The van der Waals surface area contributed by atoms with Gasteiger partial charge in [-0.05, 0) is 40.2 Å². The Balaban J connectivity index is 2.18. The van der Waals surface area contributed by atoms with Crippen LogP contribution in [-0.2, 0) is 6.54 Å². The topological polar surface area (TPSA) is 34.2 Å². The summed E-state index contributed by atoms with van der Waals surface area (Å²) >= 11 is 9.37. The maximum Gasteiger partial charge on any atom is 0.219 e. The number of ether oxygens (including phenoxy) is 1. The van der Waals surface area contributed by atoms with Gasteiger partial charge in [-0.2, -0.15) is 0 Å². The third-order valence-electron chi connectivity index (χ3n) is 2.68. The highest BCUT2D eigenvalue weighted by Gasteiger charge is 2.09. The predicted octanol–water partition coefficient (Wildman–Crippen LogP) is 4.93. The molecule has 0 unspecified atom stereocenters. The van der Waals surface area contributed by atoms with Gasteiger partial charge in [-0.25, -0.2) is 9.37 Å². The smallest absolute Gasteiger partial charge is 0.219 e. The number of benzene rings is 1. The maximum atomic E-state index is 13.1. The van der Waals surface area contributed by atoms with Gasteiger partial charge in [-0.15, -0.1) is 0 Å². The lowest BCUT2D eigenvalue weighted by Gasteiger charge is -2.11. The van der Waals surface area contributed by atoms with Crippen LogP contribution in [0.3, 0.4) is 0 Å². The van der Waals surface area contributed by atoms with E-state index < -0.39 is 0 Å². The Kier molecular flexibility index (Phi) is 5.56. The average Bonchev–Trinajstić information content (AvgIpc) is 2.42. The number of pyridine rings is 1. The van der Waals surface area contributed by atoms with Gasteiger partial charge in [0.2, 0.25) is 5.88 Å². The molecule has 0 fully saturated rings. The standard InChI is InChI=1S/C15H15BrClFN2O/c1-9(2)19-8-13-12(17)4-6-15(20-13)21-14-5-3-10(18)7-11(14)16/h3-7,9,19H,8H2,1-2H3. The van der Waals surface area contributed by atoms with Crippen LogP contribution in [0.15, 0.2) is 34.8 Å². The molecule has 0 spiro atoms. The number of nitrogens with one attached hydrogen (secondary N) is 1. The first-order valence-electron chi connectivity index (χ1n) is 6.47. The van der Waals surface area contributed by atoms with Crippen LogP contribution in [0.1, 0.15) is 19.5 Å². The molecule has 0 saturated carbocycles. The van der Waals surface area contributed by atoms with Crippen LogP contribution in [0.4, 0.5) is 4.39 Å². The summed E-state index contributed by atoms with van der Waals surface area (Å²) in [5.74, 6) is 0.571. The Morgan fingerprint density at radius 2 is 2.10 bits per heavy atom. The molecule has 6 heteroatoms. The van der Waals surface area contributed by atoms with E-state index >= 15 is 0 Å². The largest absolute Gasteiger partial charge is 0.438 e. The zero-order chi connectivity index (χ0) is 15.4. The molecule has 0 radical (unpaired) electrons. The van der Waals surface area contributed by atoms with E-state index in [2.05, 4.69) is 26.2 Å². The summed E-state index contributed by atoms with van der Waals surface area (Å²) in [7, 11) is 0. The Morgan fingerprint density at radius 1 is 1.33 bits per heavy atom. The maximum absolute atomic E-state index is 13.1. The Bertz CT molecular complexity index is 637. The number of hydrogen-bond acceptors (Lipinski definition) is 3. The fourth-order valence-corrected chi connectivity index (χ4v) is 2.22. The molecule has 0 aliphatic rings. The Hall–Kier alpha value is -1.17. The molecule has 1 aromatic carbocycles. The van der Waals surface area contributed by atoms with Crippen molar-refractivity contribution in [3.8, 4) is 11.6 Å². The van der Waals surface area contributed by atoms with E-state index in [0.717, 1.165) is 0 Å². The van der Waals surface area contributed by atoms with Gasteiger partial charge < -0.3 is 10.1 Å². The number of aromatic nitrogens is 1. The third-order valence-corrected chi connectivity index (χ3v) is 3.64. The van der Waals surface area contributed by atoms with Crippen LogP contribution in [0, 0.1) is 5.82 Å². The van der Waals surface area contributed by atoms with Crippen LogP contribution < -0.4 is 10.1 Å². The van der Waals surface area contributed by atoms with Gasteiger partial charge in [0.1, 0.15) is 11.6 Å². The minimum Gasteiger partial charge on any atom is -0.438 e. The zero-order valence-electron chi connectivity index (χ0n) is 11.7. The molecule has 0 aliphatic heterocycles. The molecule has 0 bridgehead atoms. The van der Waals surface area contributed by atoms with Crippen LogP contribution in [0.25, 0.3) is 0 Å². The molecule has 2 aromatic rings. The molecular weight excluding hydrogens is 359 g/mol. The molecule has 1 aromatic heterocycles. The van der Waals surface area contributed by atoms with E-state index in [1.54, 1.807) is 18.2 Å². The summed E-state index contributed by atoms with van der Waals surface area (Å²) in [6, 6.07) is 7.96. The molecule has 1 heterocycles. The van der Waals surface area contributed by atoms with Crippen molar-refractivity contribution in [1.82, 2.24) is 10.3 Å².